The molecule has 3 aromatic rings. The van der Waals surface area contributed by atoms with Gasteiger partial charge in [-0.05, 0) is 66.4 Å². The summed E-state index contributed by atoms with van der Waals surface area (Å²) >= 11 is 0. The number of alkyl halides is 6. The summed E-state index contributed by atoms with van der Waals surface area (Å²) in [5.74, 6) is -3.67. The van der Waals surface area contributed by atoms with Crippen LogP contribution < -0.4 is 4.31 Å². The van der Waals surface area contributed by atoms with E-state index in [2.05, 4.69) is 0 Å². The summed E-state index contributed by atoms with van der Waals surface area (Å²) in [5.41, 5.74) is -2.92. The Hall–Kier alpha value is -3.87. The SMILES string of the molecule is CC(=Cc1ccc2c(c1)N(S(=O)(=O)c1cccc(C(F)(F)F)c1)CC(C(=O)O)C2)c1c(F)cccc1C(F)(F)F. The second kappa shape index (κ2) is 10.3. The van der Waals surface area contributed by atoms with Crippen LogP contribution in [0.2, 0.25) is 0 Å². The van der Waals surface area contributed by atoms with Gasteiger partial charge < -0.3 is 5.11 Å². The molecule has 212 valence electrons. The van der Waals surface area contributed by atoms with Crippen molar-refractivity contribution in [2.24, 2.45) is 5.92 Å². The number of carboxylic acids is 1. The topological polar surface area (TPSA) is 74.7 Å². The van der Waals surface area contributed by atoms with Crippen molar-refractivity contribution < 1.29 is 49.1 Å². The van der Waals surface area contributed by atoms with Crippen molar-refractivity contribution in [1.29, 1.82) is 0 Å². The summed E-state index contributed by atoms with van der Waals surface area (Å²) in [4.78, 5) is 11.0. The van der Waals surface area contributed by atoms with Crippen LogP contribution in [0.3, 0.4) is 0 Å². The molecular formula is C27H20F7NO4S. The number of fused-ring (bicyclic) bond motifs is 1. The van der Waals surface area contributed by atoms with Crippen molar-refractivity contribution in [3.8, 4) is 0 Å². The molecule has 0 aromatic heterocycles. The fraction of sp³-hybridized carbons (Fsp3) is 0.222. The zero-order valence-corrected chi connectivity index (χ0v) is 21.3. The van der Waals surface area contributed by atoms with Gasteiger partial charge in [-0.15, -0.1) is 0 Å². The number of hydrogen-bond acceptors (Lipinski definition) is 3. The van der Waals surface area contributed by atoms with E-state index in [1.54, 1.807) is 0 Å². The fourth-order valence-corrected chi connectivity index (χ4v) is 6.13. The highest BCUT2D eigenvalue weighted by molar-refractivity contribution is 7.92. The molecule has 0 bridgehead atoms. The van der Waals surface area contributed by atoms with Crippen LogP contribution in [0.15, 0.2) is 65.6 Å². The molecule has 0 amide bonds. The van der Waals surface area contributed by atoms with Crippen molar-refractivity contribution in [2.45, 2.75) is 30.6 Å². The van der Waals surface area contributed by atoms with Crippen molar-refractivity contribution in [1.82, 2.24) is 0 Å². The quantitative estimate of drug-likeness (QED) is 0.261. The molecule has 1 heterocycles. The van der Waals surface area contributed by atoms with Crippen LogP contribution in [0.25, 0.3) is 11.6 Å². The molecule has 40 heavy (non-hydrogen) atoms. The molecule has 0 saturated heterocycles. The highest BCUT2D eigenvalue weighted by Crippen LogP contribution is 2.39. The molecular weight excluding hydrogens is 567 g/mol. The van der Waals surface area contributed by atoms with E-state index in [-0.39, 0.29) is 28.8 Å². The lowest BCUT2D eigenvalue weighted by Gasteiger charge is -2.34. The van der Waals surface area contributed by atoms with Crippen molar-refractivity contribution in [3.05, 3.63) is 94.3 Å². The standard InChI is InChI=1S/C27H20F7NO4S/c1-15(24-21(27(32,33)34)6-3-7-22(24)28)10-16-8-9-17-12-18(25(36)37)14-35(23(17)11-16)40(38,39)20-5-2-4-19(13-20)26(29,30)31/h2-11,13,18H,12,14H2,1H3,(H,36,37). The van der Waals surface area contributed by atoms with Gasteiger partial charge in [0.05, 0.1) is 27.6 Å². The van der Waals surface area contributed by atoms with Crippen LogP contribution in [0, 0.1) is 11.7 Å². The highest BCUT2D eigenvalue weighted by atomic mass is 32.2. The average molecular weight is 588 g/mol. The molecule has 5 nitrogen and oxygen atoms in total. The molecule has 1 N–H and O–H groups in total. The fourth-order valence-electron chi connectivity index (χ4n) is 4.54. The van der Waals surface area contributed by atoms with Crippen molar-refractivity contribution in [3.63, 3.8) is 0 Å². The molecule has 1 unspecified atom stereocenters. The Balaban J connectivity index is 1.84. The minimum Gasteiger partial charge on any atom is -0.481 e. The highest BCUT2D eigenvalue weighted by Gasteiger charge is 2.38. The van der Waals surface area contributed by atoms with Crippen LogP contribution in [0.4, 0.5) is 36.4 Å². The van der Waals surface area contributed by atoms with Gasteiger partial charge in [0.2, 0.25) is 0 Å². The molecule has 1 aliphatic rings. The minimum atomic E-state index is -4.86. The van der Waals surface area contributed by atoms with Gasteiger partial charge in [0.1, 0.15) is 5.82 Å². The number of carbonyl (C=O) groups is 1. The zero-order chi connectivity index (χ0) is 29.6. The van der Waals surface area contributed by atoms with E-state index in [4.69, 9.17) is 0 Å². The van der Waals surface area contributed by atoms with E-state index in [1.165, 1.54) is 31.2 Å². The number of anilines is 1. The summed E-state index contributed by atoms with van der Waals surface area (Å²) in [6, 6.07) is 9.52. The third kappa shape index (κ3) is 5.69. The summed E-state index contributed by atoms with van der Waals surface area (Å²) < 4.78 is 123. The lowest BCUT2D eigenvalue weighted by molar-refractivity contribution is -0.141. The summed E-state index contributed by atoms with van der Waals surface area (Å²) in [5, 5.41) is 9.58. The maximum absolute atomic E-state index is 14.5. The normalized spacial score (nSPS) is 16.6. The summed E-state index contributed by atoms with van der Waals surface area (Å²) in [6.45, 7) is 0.642. The largest absolute Gasteiger partial charge is 0.481 e. The summed E-state index contributed by atoms with van der Waals surface area (Å²) in [7, 11) is -4.71. The number of sulfonamides is 1. The molecule has 0 radical (unpaired) electrons. The lowest BCUT2D eigenvalue weighted by atomic mass is 9.92. The number of benzene rings is 3. The monoisotopic (exact) mass is 587 g/mol. The number of rotatable bonds is 5. The van der Waals surface area contributed by atoms with Gasteiger partial charge in [0, 0.05) is 12.1 Å². The Labute approximate surface area is 224 Å². The van der Waals surface area contributed by atoms with Crippen LogP contribution in [-0.2, 0) is 33.6 Å². The van der Waals surface area contributed by atoms with Crippen molar-refractivity contribution >= 4 is 33.3 Å². The molecule has 0 aliphatic carbocycles. The van der Waals surface area contributed by atoms with Gasteiger partial charge in [-0.1, -0.05) is 30.3 Å². The Morgan fingerprint density at radius 2 is 1.65 bits per heavy atom. The van der Waals surface area contributed by atoms with E-state index in [1.807, 2.05) is 0 Å². The predicted molar refractivity (Wildman–Crippen MR) is 132 cm³/mol. The Bertz CT molecular complexity index is 1610. The van der Waals surface area contributed by atoms with Gasteiger partial charge >= 0.3 is 18.3 Å². The number of aliphatic carboxylic acids is 1. The molecule has 3 aromatic carbocycles. The first kappa shape index (κ1) is 29.1. The molecule has 4 rings (SSSR count). The third-order valence-electron chi connectivity index (χ3n) is 6.43. The first-order chi connectivity index (χ1) is 18.5. The van der Waals surface area contributed by atoms with E-state index in [0.29, 0.717) is 16.4 Å². The number of allylic oxidation sites excluding steroid dienone is 1. The Morgan fingerprint density at radius 3 is 2.27 bits per heavy atom. The zero-order valence-electron chi connectivity index (χ0n) is 20.5. The van der Waals surface area contributed by atoms with Crippen LogP contribution in [-0.4, -0.2) is 26.0 Å². The number of carboxylic acid groups (broad SMARTS) is 1. The smallest absolute Gasteiger partial charge is 0.417 e. The minimum absolute atomic E-state index is 0.0546. The van der Waals surface area contributed by atoms with Crippen molar-refractivity contribution in [2.75, 3.05) is 10.8 Å². The van der Waals surface area contributed by atoms with E-state index < -0.39 is 68.2 Å². The molecule has 13 heteroatoms. The van der Waals surface area contributed by atoms with E-state index in [0.717, 1.165) is 30.3 Å². The first-order valence-corrected chi connectivity index (χ1v) is 13.0. The van der Waals surface area contributed by atoms with Gasteiger partial charge in [0.25, 0.3) is 10.0 Å². The van der Waals surface area contributed by atoms with Gasteiger partial charge in [-0.25, -0.2) is 12.8 Å². The maximum atomic E-state index is 14.5. The Kier molecular flexibility index (Phi) is 7.48. The number of nitrogens with zero attached hydrogens (tertiary/aromatic N) is 1. The van der Waals surface area contributed by atoms with E-state index >= 15 is 0 Å². The second-order valence-corrected chi connectivity index (χ2v) is 11.0. The van der Waals surface area contributed by atoms with E-state index in [9.17, 15) is 49.1 Å². The summed E-state index contributed by atoms with van der Waals surface area (Å²) in [6.07, 6.45) is -8.60. The molecule has 1 aliphatic heterocycles. The molecule has 0 saturated carbocycles. The average Bonchev–Trinajstić information content (AvgIpc) is 2.86. The number of hydrogen-bond donors (Lipinski definition) is 1. The van der Waals surface area contributed by atoms with Gasteiger partial charge in [0.15, 0.2) is 0 Å². The van der Waals surface area contributed by atoms with Gasteiger partial charge in [-0.3, -0.25) is 9.10 Å². The first-order valence-electron chi connectivity index (χ1n) is 11.6. The third-order valence-corrected chi connectivity index (χ3v) is 8.20. The molecule has 1 atom stereocenters. The second-order valence-electron chi connectivity index (χ2n) is 9.18. The van der Waals surface area contributed by atoms with Gasteiger partial charge in [-0.2, -0.15) is 26.3 Å². The predicted octanol–water partition coefficient (Wildman–Crippen LogP) is 6.88. The maximum Gasteiger partial charge on any atom is 0.417 e. The Morgan fingerprint density at radius 1 is 0.975 bits per heavy atom. The number of halogens is 7. The van der Waals surface area contributed by atoms with Crippen LogP contribution in [0.1, 0.15) is 34.7 Å². The lowest BCUT2D eigenvalue weighted by Crippen LogP contribution is -2.42. The van der Waals surface area contributed by atoms with Crippen LogP contribution >= 0.6 is 0 Å². The molecule has 0 spiro atoms. The van der Waals surface area contributed by atoms with Crippen LogP contribution in [0.5, 0.6) is 0 Å². The molecule has 0 fully saturated rings.